The molecule has 0 saturated carbocycles. The van der Waals surface area contributed by atoms with Crippen molar-refractivity contribution >= 4 is 11.6 Å². The number of aryl methyl sites for hydroxylation is 1. The first-order valence-corrected chi connectivity index (χ1v) is 6.43. The molecule has 0 radical (unpaired) electrons. The minimum Gasteiger partial charge on any atom is -0.454 e. The Balaban J connectivity index is 1.89. The van der Waals surface area contributed by atoms with Gasteiger partial charge in [0.25, 0.3) is 5.91 Å². The summed E-state index contributed by atoms with van der Waals surface area (Å²) in [6.07, 6.45) is 0. The van der Waals surface area contributed by atoms with Gasteiger partial charge in [-0.05, 0) is 37.6 Å². The van der Waals surface area contributed by atoms with Gasteiger partial charge < -0.3 is 14.8 Å². The van der Waals surface area contributed by atoms with E-state index in [0.717, 1.165) is 22.6 Å². The summed E-state index contributed by atoms with van der Waals surface area (Å²) in [7, 11) is 0. The average Bonchev–Trinajstić information content (AvgIpc) is 2.91. The van der Waals surface area contributed by atoms with Crippen molar-refractivity contribution < 1.29 is 14.3 Å². The lowest BCUT2D eigenvalue weighted by Crippen LogP contribution is -2.14. The van der Waals surface area contributed by atoms with E-state index in [-0.39, 0.29) is 12.7 Å². The Labute approximate surface area is 117 Å². The molecule has 1 heterocycles. The van der Waals surface area contributed by atoms with Crippen LogP contribution in [0.25, 0.3) is 0 Å². The molecule has 2 aromatic carbocycles. The number of anilines is 1. The van der Waals surface area contributed by atoms with Crippen molar-refractivity contribution in [3.63, 3.8) is 0 Å². The molecule has 4 nitrogen and oxygen atoms in total. The zero-order valence-electron chi connectivity index (χ0n) is 11.4. The Kier molecular flexibility index (Phi) is 3.06. The van der Waals surface area contributed by atoms with Crippen LogP contribution in [0, 0.1) is 13.8 Å². The zero-order chi connectivity index (χ0) is 14.1. The molecule has 20 heavy (non-hydrogen) atoms. The molecule has 1 aliphatic heterocycles. The maximum absolute atomic E-state index is 12.3. The summed E-state index contributed by atoms with van der Waals surface area (Å²) in [6, 6.07) is 11.1. The molecule has 0 spiro atoms. The number of nitrogens with one attached hydrogen (secondary N) is 1. The van der Waals surface area contributed by atoms with Gasteiger partial charge in [0.1, 0.15) is 0 Å². The van der Waals surface area contributed by atoms with Gasteiger partial charge >= 0.3 is 0 Å². The van der Waals surface area contributed by atoms with Crippen molar-refractivity contribution in [2.75, 3.05) is 12.1 Å². The number of benzene rings is 2. The summed E-state index contributed by atoms with van der Waals surface area (Å²) in [5.41, 5.74) is 3.23. The van der Waals surface area contributed by atoms with Gasteiger partial charge in [0.05, 0.1) is 0 Å². The summed E-state index contributed by atoms with van der Waals surface area (Å²) >= 11 is 0. The van der Waals surface area contributed by atoms with Gasteiger partial charge in [-0.1, -0.05) is 18.2 Å². The SMILES string of the molecule is Cc1ccccc1C(=O)Nc1ccc2c(c1C)OCO2. The van der Waals surface area contributed by atoms with Gasteiger partial charge in [-0.2, -0.15) is 0 Å². The highest BCUT2D eigenvalue weighted by atomic mass is 16.7. The van der Waals surface area contributed by atoms with Crippen molar-refractivity contribution in [2.45, 2.75) is 13.8 Å². The summed E-state index contributed by atoms with van der Waals surface area (Å²) in [6.45, 7) is 4.05. The largest absolute Gasteiger partial charge is 0.454 e. The average molecular weight is 269 g/mol. The summed E-state index contributed by atoms with van der Waals surface area (Å²) in [5, 5.41) is 2.92. The van der Waals surface area contributed by atoms with Gasteiger partial charge in [-0.3, -0.25) is 4.79 Å². The van der Waals surface area contributed by atoms with Crippen LogP contribution in [0.5, 0.6) is 11.5 Å². The highest BCUT2D eigenvalue weighted by Gasteiger charge is 2.19. The zero-order valence-corrected chi connectivity index (χ0v) is 11.4. The van der Waals surface area contributed by atoms with Gasteiger partial charge in [0.15, 0.2) is 11.5 Å². The fourth-order valence-electron chi connectivity index (χ4n) is 2.26. The van der Waals surface area contributed by atoms with Crippen molar-refractivity contribution in [1.82, 2.24) is 0 Å². The fourth-order valence-corrected chi connectivity index (χ4v) is 2.26. The lowest BCUT2D eigenvalue weighted by atomic mass is 10.1. The summed E-state index contributed by atoms with van der Waals surface area (Å²) in [4.78, 5) is 12.3. The molecule has 2 aromatic rings. The van der Waals surface area contributed by atoms with Gasteiger partial charge in [0, 0.05) is 16.8 Å². The van der Waals surface area contributed by atoms with Crippen LogP contribution < -0.4 is 14.8 Å². The van der Waals surface area contributed by atoms with Crippen molar-refractivity contribution in [2.24, 2.45) is 0 Å². The van der Waals surface area contributed by atoms with E-state index in [1.54, 1.807) is 0 Å². The van der Waals surface area contributed by atoms with E-state index < -0.39 is 0 Å². The molecule has 1 N–H and O–H groups in total. The molecular formula is C16H15NO3. The number of rotatable bonds is 2. The minimum atomic E-state index is -0.120. The first kappa shape index (κ1) is 12.5. The minimum absolute atomic E-state index is 0.120. The lowest BCUT2D eigenvalue weighted by Gasteiger charge is -2.11. The van der Waals surface area contributed by atoms with E-state index in [1.807, 2.05) is 50.2 Å². The first-order chi connectivity index (χ1) is 9.66. The molecule has 0 fully saturated rings. The number of hydrogen-bond acceptors (Lipinski definition) is 3. The Morgan fingerprint density at radius 3 is 2.70 bits per heavy atom. The smallest absolute Gasteiger partial charge is 0.255 e. The molecule has 0 aliphatic carbocycles. The second-order valence-electron chi connectivity index (χ2n) is 4.74. The molecule has 1 aliphatic rings. The van der Waals surface area contributed by atoms with E-state index in [1.165, 1.54) is 0 Å². The van der Waals surface area contributed by atoms with Crippen molar-refractivity contribution in [1.29, 1.82) is 0 Å². The Morgan fingerprint density at radius 1 is 1.10 bits per heavy atom. The number of hydrogen-bond donors (Lipinski definition) is 1. The topological polar surface area (TPSA) is 47.6 Å². The highest BCUT2D eigenvalue weighted by Crippen LogP contribution is 2.39. The Morgan fingerprint density at radius 2 is 1.90 bits per heavy atom. The maximum atomic E-state index is 12.3. The van der Waals surface area contributed by atoms with Crippen LogP contribution in [0.3, 0.4) is 0 Å². The van der Waals surface area contributed by atoms with Gasteiger partial charge in [-0.25, -0.2) is 0 Å². The Bertz CT molecular complexity index is 679. The van der Waals surface area contributed by atoms with E-state index >= 15 is 0 Å². The van der Waals surface area contributed by atoms with E-state index in [0.29, 0.717) is 11.3 Å². The predicted octanol–water partition coefficient (Wildman–Crippen LogP) is 3.28. The normalized spacial score (nSPS) is 12.3. The van der Waals surface area contributed by atoms with Crippen molar-refractivity contribution in [3.8, 4) is 11.5 Å². The standard InChI is InChI=1S/C16H15NO3/c1-10-5-3-4-6-12(10)16(18)17-13-7-8-14-15(11(13)2)20-9-19-14/h3-8H,9H2,1-2H3,(H,17,18). The van der Waals surface area contributed by atoms with Crippen LogP contribution in [0.1, 0.15) is 21.5 Å². The number of amides is 1. The molecule has 4 heteroatoms. The molecular weight excluding hydrogens is 254 g/mol. The van der Waals surface area contributed by atoms with Crippen LogP contribution in [0.2, 0.25) is 0 Å². The fraction of sp³-hybridized carbons (Fsp3) is 0.188. The lowest BCUT2D eigenvalue weighted by molar-refractivity contribution is 0.102. The number of fused-ring (bicyclic) bond motifs is 1. The van der Waals surface area contributed by atoms with Crippen LogP contribution in [-0.2, 0) is 0 Å². The molecule has 1 amide bonds. The van der Waals surface area contributed by atoms with Crippen LogP contribution in [0.4, 0.5) is 5.69 Å². The highest BCUT2D eigenvalue weighted by molar-refractivity contribution is 6.05. The van der Waals surface area contributed by atoms with Crippen LogP contribution in [0.15, 0.2) is 36.4 Å². The van der Waals surface area contributed by atoms with Gasteiger partial charge in [0.2, 0.25) is 6.79 Å². The molecule has 0 saturated heterocycles. The third-order valence-electron chi connectivity index (χ3n) is 3.43. The van der Waals surface area contributed by atoms with Crippen LogP contribution >= 0.6 is 0 Å². The number of carbonyl (C=O) groups excluding carboxylic acids is 1. The Hall–Kier alpha value is -2.49. The van der Waals surface area contributed by atoms with Crippen LogP contribution in [-0.4, -0.2) is 12.7 Å². The van der Waals surface area contributed by atoms with E-state index in [4.69, 9.17) is 9.47 Å². The molecule has 0 bridgehead atoms. The third-order valence-corrected chi connectivity index (χ3v) is 3.43. The third kappa shape index (κ3) is 2.09. The predicted molar refractivity (Wildman–Crippen MR) is 76.4 cm³/mol. The maximum Gasteiger partial charge on any atom is 0.255 e. The summed E-state index contributed by atoms with van der Waals surface area (Å²) < 4.78 is 10.7. The second-order valence-corrected chi connectivity index (χ2v) is 4.74. The quantitative estimate of drug-likeness (QED) is 0.910. The summed E-state index contributed by atoms with van der Waals surface area (Å²) in [5.74, 6) is 1.30. The monoisotopic (exact) mass is 269 g/mol. The molecule has 0 unspecified atom stereocenters. The first-order valence-electron chi connectivity index (χ1n) is 6.43. The molecule has 3 rings (SSSR count). The number of carbonyl (C=O) groups is 1. The van der Waals surface area contributed by atoms with Gasteiger partial charge in [-0.15, -0.1) is 0 Å². The second kappa shape index (κ2) is 4.89. The molecule has 0 aromatic heterocycles. The molecule has 102 valence electrons. The van der Waals surface area contributed by atoms with Crippen molar-refractivity contribution in [3.05, 3.63) is 53.1 Å². The molecule has 0 atom stereocenters. The number of ether oxygens (including phenoxy) is 2. The van der Waals surface area contributed by atoms with E-state index in [9.17, 15) is 4.79 Å². The van der Waals surface area contributed by atoms with E-state index in [2.05, 4.69) is 5.32 Å².